The lowest BCUT2D eigenvalue weighted by atomic mass is 10.0. The molecule has 0 heterocycles. The van der Waals surface area contributed by atoms with Crippen LogP contribution < -0.4 is 11.0 Å². The summed E-state index contributed by atoms with van der Waals surface area (Å²) in [6.07, 6.45) is 1.27. The van der Waals surface area contributed by atoms with E-state index in [4.69, 9.17) is 9.68 Å². The van der Waals surface area contributed by atoms with Gasteiger partial charge in [-0.1, -0.05) is 32.9 Å². The van der Waals surface area contributed by atoms with Crippen LogP contribution in [-0.2, 0) is 14.5 Å². The SMILES string of the molecule is CC/C=C\CC(=O)NOCC(O)[C@@H](O)[C@@H](O)CONC(=O)c1cc(C)cc(C(=O)N(CCC)CCC)c1. The van der Waals surface area contributed by atoms with Crippen molar-refractivity contribution in [2.24, 2.45) is 0 Å². The molecule has 0 bridgehead atoms. The second-order valence-corrected chi connectivity index (χ2v) is 8.67. The molecule has 3 atom stereocenters. The van der Waals surface area contributed by atoms with Gasteiger partial charge in [0.15, 0.2) is 0 Å². The first-order valence-electron chi connectivity index (χ1n) is 12.6. The average Bonchev–Trinajstić information content (AvgIpc) is 2.87. The minimum atomic E-state index is -1.67. The van der Waals surface area contributed by atoms with Gasteiger partial charge in [-0.15, -0.1) is 0 Å². The molecule has 1 aromatic carbocycles. The highest BCUT2D eigenvalue weighted by Gasteiger charge is 2.26. The van der Waals surface area contributed by atoms with Gasteiger partial charge in [-0.05, 0) is 49.9 Å². The molecule has 1 unspecified atom stereocenters. The Hall–Kier alpha value is -2.83. The predicted octanol–water partition coefficient (Wildman–Crippen LogP) is 1.41. The Balaban J connectivity index is 2.57. The monoisotopic (exact) mass is 523 g/mol. The number of hydroxylamine groups is 2. The maximum Gasteiger partial charge on any atom is 0.274 e. The van der Waals surface area contributed by atoms with Crippen molar-refractivity contribution in [1.82, 2.24) is 15.9 Å². The summed E-state index contributed by atoms with van der Waals surface area (Å²) in [5.74, 6) is -1.23. The molecule has 0 aliphatic rings. The van der Waals surface area contributed by atoms with Crippen molar-refractivity contribution in [1.29, 1.82) is 0 Å². The highest BCUT2D eigenvalue weighted by atomic mass is 16.7. The highest BCUT2D eigenvalue weighted by molar-refractivity contribution is 5.99. The number of nitrogens with one attached hydrogen (secondary N) is 2. The maximum absolute atomic E-state index is 12.9. The van der Waals surface area contributed by atoms with Crippen LogP contribution in [0, 0.1) is 6.92 Å². The molecular weight excluding hydrogens is 482 g/mol. The summed E-state index contributed by atoms with van der Waals surface area (Å²) in [4.78, 5) is 48.6. The molecule has 5 N–H and O–H groups in total. The molecule has 0 aliphatic heterocycles. The first-order chi connectivity index (χ1) is 17.6. The predicted molar refractivity (Wildman–Crippen MR) is 137 cm³/mol. The normalized spacial score (nSPS) is 13.7. The van der Waals surface area contributed by atoms with Gasteiger partial charge in [0.25, 0.3) is 11.8 Å². The molecule has 0 saturated carbocycles. The first-order valence-corrected chi connectivity index (χ1v) is 12.6. The highest BCUT2D eigenvalue weighted by Crippen LogP contribution is 2.13. The van der Waals surface area contributed by atoms with E-state index in [9.17, 15) is 29.7 Å². The van der Waals surface area contributed by atoms with Crippen molar-refractivity contribution in [3.63, 3.8) is 0 Å². The number of amides is 3. The zero-order chi connectivity index (χ0) is 27.8. The van der Waals surface area contributed by atoms with Gasteiger partial charge in [-0.25, -0.2) is 11.0 Å². The third kappa shape index (κ3) is 11.8. The summed E-state index contributed by atoms with van der Waals surface area (Å²) in [6.45, 7) is 7.91. The van der Waals surface area contributed by atoms with E-state index in [0.29, 0.717) is 18.7 Å². The van der Waals surface area contributed by atoms with Crippen LogP contribution in [-0.4, -0.2) is 82.6 Å². The average molecular weight is 524 g/mol. The molecular formula is C26H41N3O8. The summed E-state index contributed by atoms with van der Waals surface area (Å²) in [6, 6.07) is 4.79. The van der Waals surface area contributed by atoms with E-state index in [2.05, 4.69) is 11.0 Å². The van der Waals surface area contributed by atoms with Gasteiger partial charge < -0.3 is 20.2 Å². The molecule has 0 fully saturated rings. The van der Waals surface area contributed by atoms with Crippen LogP contribution in [0.2, 0.25) is 0 Å². The molecule has 3 amide bonds. The van der Waals surface area contributed by atoms with Gasteiger partial charge in [0.1, 0.15) is 31.5 Å². The standard InChI is InChI=1S/C26H41N3O8/c1-5-8-9-10-23(32)27-36-16-21(30)24(33)22(31)17-37-28-25(34)19-13-18(4)14-20(15-19)26(35)29(11-6-2)12-7-3/h8-9,13-15,21-22,24,30-31,33H,5-7,10-12,16-17H2,1-4H3,(H,27,32)(H,28,34)/b9-8-/t21?,22-,24+/m0/s1. The molecule has 0 aromatic heterocycles. The molecule has 37 heavy (non-hydrogen) atoms. The molecule has 0 radical (unpaired) electrons. The Kier molecular flexibility index (Phi) is 15.3. The number of benzene rings is 1. The second kappa shape index (κ2) is 17.6. The summed E-state index contributed by atoms with van der Waals surface area (Å²) in [5.41, 5.74) is 5.59. The quantitative estimate of drug-likeness (QED) is 0.151. The molecule has 11 heteroatoms. The van der Waals surface area contributed by atoms with E-state index in [1.807, 2.05) is 26.8 Å². The van der Waals surface area contributed by atoms with Crippen LogP contribution in [0.4, 0.5) is 0 Å². The van der Waals surface area contributed by atoms with Crippen molar-refractivity contribution in [2.45, 2.75) is 71.7 Å². The Morgan fingerprint density at radius 2 is 1.46 bits per heavy atom. The topological polar surface area (TPSA) is 158 Å². The van der Waals surface area contributed by atoms with E-state index in [0.717, 1.165) is 24.8 Å². The number of aliphatic hydroxyl groups is 3. The largest absolute Gasteiger partial charge is 0.388 e. The number of hydrogen-bond acceptors (Lipinski definition) is 8. The molecule has 0 saturated heterocycles. The number of rotatable bonds is 17. The molecule has 208 valence electrons. The smallest absolute Gasteiger partial charge is 0.274 e. The fourth-order valence-corrected chi connectivity index (χ4v) is 3.39. The fraction of sp³-hybridized carbons (Fsp3) is 0.577. The summed E-state index contributed by atoms with van der Waals surface area (Å²) in [7, 11) is 0. The number of nitrogens with zero attached hydrogens (tertiary/aromatic N) is 1. The zero-order valence-electron chi connectivity index (χ0n) is 22.1. The van der Waals surface area contributed by atoms with E-state index in [1.54, 1.807) is 30.0 Å². The van der Waals surface area contributed by atoms with Crippen molar-refractivity contribution in [3.8, 4) is 0 Å². The van der Waals surface area contributed by atoms with E-state index >= 15 is 0 Å². The second-order valence-electron chi connectivity index (χ2n) is 8.67. The van der Waals surface area contributed by atoms with E-state index in [1.165, 1.54) is 6.07 Å². The minimum Gasteiger partial charge on any atom is -0.388 e. The Bertz CT molecular complexity index is 887. The van der Waals surface area contributed by atoms with Crippen LogP contribution in [0.1, 0.15) is 72.7 Å². The van der Waals surface area contributed by atoms with E-state index < -0.39 is 43.3 Å². The maximum atomic E-state index is 12.9. The molecule has 11 nitrogen and oxygen atoms in total. The first kappa shape index (κ1) is 32.2. The van der Waals surface area contributed by atoms with Gasteiger partial charge in [0.2, 0.25) is 5.91 Å². The van der Waals surface area contributed by atoms with Crippen molar-refractivity contribution < 1.29 is 39.4 Å². The lowest BCUT2D eigenvalue weighted by Crippen LogP contribution is -2.44. The molecule has 1 rings (SSSR count). The van der Waals surface area contributed by atoms with Crippen molar-refractivity contribution in [2.75, 3.05) is 26.3 Å². The van der Waals surface area contributed by atoms with E-state index in [-0.39, 0.29) is 17.9 Å². The van der Waals surface area contributed by atoms with Crippen LogP contribution in [0.5, 0.6) is 0 Å². The van der Waals surface area contributed by atoms with Crippen LogP contribution in [0.25, 0.3) is 0 Å². The fourth-order valence-electron chi connectivity index (χ4n) is 3.39. The third-order valence-corrected chi connectivity index (χ3v) is 5.21. The number of carbonyl (C=O) groups is 3. The van der Waals surface area contributed by atoms with Crippen LogP contribution >= 0.6 is 0 Å². The number of hydrogen-bond donors (Lipinski definition) is 5. The van der Waals surface area contributed by atoms with Gasteiger partial charge in [-0.2, -0.15) is 0 Å². The van der Waals surface area contributed by atoms with Gasteiger partial charge >= 0.3 is 0 Å². The molecule has 0 spiro atoms. The van der Waals surface area contributed by atoms with Crippen LogP contribution in [0.15, 0.2) is 30.4 Å². The number of aryl methyl sites for hydroxylation is 1. The zero-order valence-corrected chi connectivity index (χ0v) is 22.1. The summed E-state index contributed by atoms with van der Waals surface area (Å²) >= 11 is 0. The Labute approximate surface area is 218 Å². The minimum absolute atomic E-state index is 0.106. The Morgan fingerprint density at radius 1 is 0.892 bits per heavy atom. The lowest BCUT2D eigenvalue weighted by Gasteiger charge is -2.23. The van der Waals surface area contributed by atoms with Gasteiger partial charge in [-0.3, -0.25) is 24.1 Å². The van der Waals surface area contributed by atoms with Gasteiger partial charge in [0, 0.05) is 30.6 Å². The van der Waals surface area contributed by atoms with Crippen molar-refractivity contribution in [3.05, 3.63) is 47.0 Å². The summed E-state index contributed by atoms with van der Waals surface area (Å²) < 4.78 is 0. The summed E-state index contributed by atoms with van der Waals surface area (Å²) in [5, 5.41) is 30.1. The van der Waals surface area contributed by atoms with Crippen LogP contribution in [0.3, 0.4) is 0 Å². The number of aliphatic hydroxyl groups excluding tert-OH is 3. The van der Waals surface area contributed by atoms with Crippen molar-refractivity contribution >= 4 is 17.7 Å². The lowest BCUT2D eigenvalue weighted by molar-refractivity contribution is -0.144. The number of carbonyl (C=O) groups excluding carboxylic acids is 3. The third-order valence-electron chi connectivity index (χ3n) is 5.21. The Morgan fingerprint density at radius 3 is 2.03 bits per heavy atom. The molecule has 1 aromatic rings. The molecule has 0 aliphatic carbocycles. The number of allylic oxidation sites excluding steroid dienone is 1. The van der Waals surface area contributed by atoms with Gasteiger partial charge in [0.05, 0.1) is 0 Å².